The van der Waals surface area contributed by atoms with Gasteiger partial charge in [-0.1, -0.05) is 12.1 Å². The van der Waals surface area contributed by atoms with Gasteiger partial charge in [-0.25, -0.2) is 9.18 Å². The predicted octanol–water partition coefficient (Wildman–Crippen LogP) is 1.59. The highest BCUT2D eigenvalue weighted by Crippen LogP contribution is 2.43. The molecule has 0 amide bonds. The predicted molar refractivity (Wildman–Crippen MR) is 46.8 cm³/mol. The van der Waals surface area contributed by atoms with Gasteiger partial charge in [-0.15, -0.1) is 0 Å². The van der Waals surface area contributed by atoms with Gasteiger partial charge in [0.1, 0.15) is 5.75 Å². The summed E-state index contributed by atoms with van der Waals surface area (Å²) in [6.45, 7) is 0. The molecule has 0 aromatic heterocycles. The Bertz CT molecular complexity index is 402. The van der Waals surface area contributed by atoms with E-state index in [1.165, 1.54) is 18.2 Å². The van der Waals surface area contributed by atoms with Crippen molar-refractivity contribution in [2.75, 3.05) is 0 Å². The molecule has 1 unspecified atom stereocenters. The summed E-state index contributed by atoms with van der Waals surface area (Å²) >= 11 is 0. The van der Waals surface area contributed by atoms with E-state index in [9.17, 15) is 14.3 Å². The summed E-state index contributed by atoms with van der Waals surface area (Å²) < 4.78 is 13.9. The van der Waals surface area contributed by atoms with Crippen LogP contribution < -0.4 is 0 Å². The maximum Gasteiger partial charge on any atom is 0.346 e. The van der Waals surface area contributed by atoms with Gasteiger partial charge < -0.3 is 10.2 Å². The number of aliphatic carboxylic acids is 1. The van der Waals surface area contributed by atoms with Crippen LogP contribution in [0.1, 0.15) is 17.5 Å². The quantitative estimate of drug-likeness (QED) is 0.717. The zero-order chi connectivity index (χ0) is 10.3. The topological polar surface area (TPSA) is 57.5 Å². The highest BCUT2D eigenvalue weighted by Gasteiger charge is 2.46. The Balaban J connectivity index is 2.60. The van der Waals surface area contributed by atoms with Gasteiger partial charge in [-0.3, -0.25) is 0 Å². The van der Waals surface area contributed by atoms with Crippen LogP contribution in [0.3, 0.4) is 0 Å². The fraction of sp³-hybridized carbons (Fsp3) is 0.300. The average Bonchev–Trinajstić information content (AvgIpc) is 2.47. The Kier molecular flexibility index (Phi) is 1.74. The largest absolute Gasteiger partial charge is 0.508 e. The SMILES string of the molecule is O=C(O)C1(F)CCc2c(O)cccc21. The first-order valence-electron chi connectivity index (χ1n) is 4.29. The first kappa shape index (κ1) is 8.99. The summed E-state index contributed by atoms with van der Waals surface area (Å²) in [4.78, 5) is 10.7. The fourth-order valence-electron chi connectivity index (χ4n) is 1.86. The lowest BCUT2D eigenvalue weighted by Crippen LogP contribution is -2.27. The molecule has 3 nitrogen and oxygen atoms in total. The maximum atomic E-state index is 13.9. The second-order valence-electron chi connectivity index (χ2n) is 3.41. The standard InChI is InChI=1S/C10H9FO3/c11-10(9(13)14)5-4-6-7(10)2-1-3-8(6)12/h1-3,12H,4-5H2,(H,13,14). The van der Waals surface area contributed by atoms with E-state index in [2.05, 4.69) is 0 Å². The molecule has 2 N–H and O–H groups in total. The van der Waals surface area contributed by atoms with E-state index >= 15 is 0 Å². The molecule has 1 aromatic rings. The zero-order valence-corrected chi connectivity index (χ0v) is 7.33. The van der Waals surface area contributed by atoms with Gasteiger partial charge in [0.05, 0.1) is 0 Å². The molecule has 14 heavy (non-hydrogen) atoms. The van der Waals surface area contributed by atoms with Crippen molar-refractivity contribution in [1.82, 2.24) is 0 Å². The van der Waals surface area contributed by atoms with Crippen LogP contribution in [0.5, 0.6) is 5.75 Å². The summed E-state index contributed by atoms with van der Waals surface area (Å²) in [7, 11) is 0. The monoisotopic (exact) mass is 196 g/mol. The number of rotatable bonds is 1. The third-order valence-electron chi connectivity index (χ3n) is 2.64. The number of carboxylic acid groups (broad SMARTS) is 1. The van der Waals surface area contributed by atoms with Gasteiger partial charge in [0, 0.05) is 17.5 Å². The van der Waals surface area contributed by atoms with Crippen LogP contribution >= 0.6 is 0 Å². The number of alkyl halides is 1. The van der Waals surface area contributed by atoms with E-state index in [0.29, 0.717) is 5.56 Å². The third kappa shape index (κ3) is 0.999. The van der Waals surface area contributed by atoms with Crippen LogP contribution in [0.4, 0.5) is 4.39 Å². The van der Waals surface area contributed by atoms with Crippen LogP contribution in [0.25, 0.3) is 0 Å². The smallest absolute Gasteiger partial charge is 0.346 e. The number of fused-ring (bicyclic) bond motifs is 1. The van der Waals surface area contributed by atoms with E-state index in [4.69, 9.17) is 5.11 Å². The molecule has 0 aliphatic heterocycles. The Hall–Kier alpha value is -1.58. The second kappa shape index (κ2) is 2.70. The lowest BCUT2D eigenvalue weighted by molar-refractivity contribution is -0.151. The first-order valence-corrected chi connectivity index (χ1v) is 4.29. The third-order valence-corrected chi connectivity index (χ3v) is 2.64. The minimum absolute atomic E-state index is 0.0247. The number of aromatic hydroxyl groups is 1. The molecule has 0 fully saturated rings. The van der Waals surface area contributed by atoms with Crippen molar-refractivity contribution in [3.05, 3.63) is 29.3 Å². The molecule has 1 aromatic carbocycles. The molecule has 0 radical (unpaired) electrons. The summed E-state index contributed by atoms with van der Waals surface area (Å²) in [6, 6.07) is 4.30. The average molecular weight is 196 g/mol. The second-order valence-corrected chi connectivity index (χ2v) is 3.41. The molecule has 0 bridgehead atoms. The number of hydrogen-bond donors (Lipinski definition) is 2. The summed E-state index contributed by atoms with van der Waals surface area (Å²) in [6.07, 6.45) is 0.167. The normalized spacial score (nSPS) is 24.6. The fourth-order valence-corrected chi connectivity index (χ4v) is 1.86. The van der Waals surface area contributed by atoms with E-state index in [-0.39, 0.29) is 24.2 Å². The van der Waals surface area contributed by atoms with E-state index in [1.807, 2.05) is 0 Å². The minimum atomic E-state index is -2.33. The Morgan fingerprint density at radius 1 is 1.50 bits per heavy atom. The van der Waals surface area contributed by atoms with Gasteiger partial charge >= 0.3 is 5.97 Å². The number of carboxylic acids is 1. The van der Waals surface area contributed by atoms with Gasteiger partial charge in [0.2, 0.25) is 5.67 Å². The zero-order valence-electron chi connectivity index (χ0n) is 7.33. The van der Waals surface area contributed by atoms with E-state index in [1.54, 1.807) is 0 Å². The van der Waals surface area contributed by atoms with Crippen LogP contribution in [-0.4, -0.2) is 16.2 Å². The van der Waals surface area contributed by atoms with Crippen molar-refractivity contribution in [2.24, 2.45) is 0 Å². The van der Waals surface area contributed by atoms with Crippen molar-refractivity contribution in [3.63, 3.8) is 0 Å². The number of hydrogen-bond acceptors (Lipinski definition) is 2. The van der Waals surface area contributed by atoms with E-state index in [0.717, 1.165) is 0 Å². The van der Waals surface area contributed by atoms with Crippen molar-refractivity contribution in [3.8, 4) is 5.75 Å². The minimum Gasteiger partial charge on any atom is -0.508 e. The van der Waals surface area contributed by atoms with Crippen LogP contribution in [0.15, 0.2) is 18.2 Å². The molecule has 0 heterocycles. The molecule has 0 saturated carbocycles. The Morgan fingerprint density at radius 2 is 2.21 bits per heavy atom. The van der Waals surface area contributed by atoms with Crippen LogP contribution in [-0.2, 0) is 16.9 Å². The van der Waals surface area contributed by atoms with Crippen LogP contribution in [0.2, 0.25) is 0 Å². The van der Waals surface area contributed by atoms with Gasteiger partial charge in [-0.05, 0) is 12.5 Å². The molecular weight excluding hydrogens is 187 g/mol. The lowest BCUT2D eigenvalue weighted by atomic mass is 9.98. The molecule has 0 spiro atoms. The molecular formula is C10H9FO3. The highest BCUT2D eigenvalue weighted by molar-refractivity contribution is 5.81. The molecule has 1 aliphatic rings. The molecule has 1 aliphatic carbocycles. The number of carbonyl (C=O) groups is 1. The summed E-state index contributed by atoms with van der Waals surface area (Å²) in [5.41, 5.74) is -1.82. The van der Waals surface area contributed by atoms with Crippen molar-refractivity contribution >= 4 is 5.97 Å². The van der Waals surface area contributed by atoms with Gasteiger partial charge in [0.25, 0.3) is 0 Å². The van der Waals surface area contributed by atoms with Gasteiger partial charge in [0.15, 0.2) is 0 Å². The first-order chi connectivity index (χ1) is 6.55. The molecule has 2 rings (SSSR count). The number of phenolic OH excluding ortho intramolecular Hbond substituents is 1. The van der Waals surface area contributed by atoms with Crippen LogP contribution in [0, 0.1) is 0 Å². The Labute approximate surface area is 79.8 Å². The number of phenols is 1. The number of halogens is 1. The maximum absolute atomic E-state index is 13.9. The Morgan fingerprint density at radius 3 is 2.86 bits per heavy atom. The molecule has 74 valence electrons. The molecule has 1 atom stereocenters. The van der Waals surface area contributed by atoms with Gasteiger partial charge in [-0.2, -0.15) is 0 Å². The summed E-state index contributed by atoms with van der Waals surface area (Å²) in [5.74, 6) is -1.51. The molecule has 4 heteroatoms. The summed E-state index contributed by atoms with van der Waals surface area (Å²) in [5, 5.41) is 18.1. The lowest BCUT2D eigenvalue weighted by Gasteiger charge is -2.14. The number of benzene rings is 1. The van der Waals surface area contributed by atoms with Crippen molar-refractivity contribution in [1.29, 1.82) is 0 Å². The van der Waals surface area contributed by atoms with Crippen molar-refractivity contribution < 1.29 is 19.4 Å². The molecule has 0 saturated heterocycles. The van der Waals surface area contributed by atoms with E-state index < -0.39 is 11.6 Å². The highest BCUT2D eigenvalue weighted by atomic mass is 19.1. The van der Waals surface area contributed by atoms with Crippen molar-refractivity contribution in [2.45, 2.75) is 18.5 Å².